The molecule has 1 aromatic carbocycles. The molecule has 0 spiro atoms. The summed E-state index contributed by atoms with van der Waals surface area (Å²) in [5, 5.41) is 0. The molecule has 0 fully saturated rings. The standard InChI is InChI=1S/C13H18O3/c1-10(2)16-13-7-5-4-6-11(13)12(14)8-9-15-3/h4-7,10H,8-9H2,1-3H3. The van der Waals surface area contributed by atoms with Gasteiger partial charge in [0.2, 0.25) is 0 Å². The highest BCUT2D eigenvalue weighted by Crippen LogP contribution is 2.20. The van der Waals surface area contributed by atoms with Gasteiger partial charge < -0.3 is 9.47 Å². The Labute approximate surface area is 96.4 Å². The monoisotopic (exact) mass is 222 g/mol. The fourth-order valence-corrected chi connectivity index (χ4v) is 1.38. The zero-order chi connectivity index (χ0) is 12.0. The highest BCUT2D eigenvalue weighted by Gasteiger charge is 2.12. The molecular formula is C13H18O3. The summed E-state index contributed by atoms with van der Waals surface area (Å²) >= 11 is 0. The molecule has 1 aromatic rings. The van der Waals surface area contributed by atoms with Gasteiger partial charge in [-0.3, -0.25) is 4.79 Å². The van der Waals surface area contributed by atoms with E-state index in [1.165, 1.54) is 0 Å². The first-order valence-electron chi connectivity index (χ1n) is 5.43. The van der Waals surface area contributed by atoms with Crippen molar-refractivity contribution < 1.29 is 14.3 Å². The first-order valence-corrected chi connectivity index (χ1v) is 5.43. The maximum atomic E-state index is 11.8. The highest BCUT2D eigenvalue weighted by atomic mass is 16.5. The molecule has 0 aliphatic carbocycles. The predicted molar refractivity (Wildman–Crippen MR) is 63.0 cm³/mol. The molecule has 0 atom stereocenters. The lowest BCUT2D eigenvalue weighted by Gasteiger charge is -2.13. The molecule has 0 N–H and O–H groups in total. The van der Waals surface area contributed by atoms with Gasteiger partial charge in [-0.2, -0.15) is 0 Å². The molecule has 0 aliphatic rings. The smallest absolute Gasteiger partial charge is 0.168 e. The van der Waals surface area contributed by atoms with Crippen LogP contribution in [0.2, 0.25) is 0 Å². The van der Waals surface area contributed by atoms with Crippen molar-refractivity contribution in [3.8, 4) is 5.75 Å². The maximum absolute atomic E-state index is 11.8. The van der Waals surface area contributed by atoms with Crippen LogP contribution in [0.25, 0.3) is 0 Å². The van der Waals surface area contributed by atoms with Crippen molar-refractivity contribution in [3.05, 3.63) is 29.8 Å². The third-order valence-corrected chi connectivity index (χ3v) is 2.08. The third-order valence-electron chi connectivity index (χ3n) is 2.08. The van der Waals surface area contributed by atoms with E-state index in [4.69, 9.17) is 9.47 Å². The number of carbonyl (C=O) groups is 1. The molecule has 16 heavy (non-hydrogen) atoms. The summed E-state index contributed by atoms with van der Waals surface area (Å²) < 4.78 is 10.5. The Morgan fingerprint density at radius 3 is 2.62 bits per heavy atom. The van der Waals surface area contributed by atoms with Crippen molar-refractivity contribution in [2.45, 2.75) is 26.4 Å². The molecule has 0 amide bonds. The lowest BCUT2D eigenvalue weighted by molar-refractivity contribution is 0.0926. The van der Waals surface area contributed by atoms with Crippen LogP contribution in [0.3, 0.4) is 0 Å². The fourth-order valence-electron chi connectivity index (χ4n) is 1.38. The Morgan fingerprint density at radius 2 is 2.00 bits per heavy atom. The van der Waals surface area contributed by atoms with E-state index in [2.05, 4.69) is 0 Å². The number of methoxy groups -OCH3 is 1. The van der Waals surface area contributed by atoms with Crippen LogP contribution in [0.1, 0.15) is 30.6 Å². The zero-order valence-corrected chi connectivity index (χ0v) is 10.0. The van der Waals surface area contributed by atoms with E-state index in [9.17, 15) is 4.79 Å². The van der Waals surface area contributed by atoms with Crippen molar-refractivity contribution in [1.29, 1.82) is 0 Å². The van der Waals surface area contributed by atoms with Gasteiger partial charge in [0, 0.05) is 13.5 Å². The van der Waals surface area contributed by atoms with E-state index < -0.39 is 0 Å². The van der Waals surface area contributed by atoms with Crippen LogP contribution < -0.4 is 4.74 Å². The Bertz CT molecular complexity index is 345. The minimum absolute atomic E-state index is 0.0538. The number of Topliss-reactive ketones (excluding diaryl/α,β-unsaturated/α-hetero) is 1. The number of para-hydroxylation sites is 1. The van der Waals surface area contributed by atoms with Gasteiger partial charge in [0.15, 0.2) is 5.78 Å². The first-order chi connectivity index (χ1) is 7.65. The number of ether oxygens (including phenoxy) is 2. The molecular weight excluding hydrogens is 204 g/mol. The molecule has 0 bridgehead atoms. The highest BCUT2D eigenvalue weighted by molar-refractivity contribution is 5.98. The SMILES string of the molecule is COCCC(=O)c1ccccc1OC(C)C. The van der Waals surface area contributed by atoms with Crippen LogP contribution in [0.4, 0.5) is 0 Å². The average molecular weight is 222 g/mol. The fraction of sp³-hybridized carbons (Fsp3) is 0.462. The first kappa shape index (κ1) is 12.7. The Hall–Kier alpha value is -1.35. The topological polar surface area (TPSA) is 35.5 Å². The lowest BCUT2D eigenvalue weighted by atomic mass is 10.1. The van der Waals surface area contributed by atoms with Gasteiger partial charge >= 0.3 is 0 Å². The summed E-state index contributed by atoms with van der Waals surface area (Å²) in [6.07, 6.45) is 0.450. The van der Waals surface area contributed by atoms with Gasteiger partial charge in [-0.25, -0.2) is 0 Å². The molecule has 0 unspecified atom stereocenters. The van der Waals surface area contributed by atoms with Crippen LogP contribution in [0.5, 0.6) is 5.75 Å². The number of hydrogen-bond donors (Lipinski definition) is 0. The molecule has 0 saturated carbocycles. The number of ketones is 1. The van der Waals surface area contributed by atoms with E-state index in [0.717, 1.165) is 0 Å². The van der Waals surface area contributed by atoms with Crippen molar-refractivity contribution in [2.75, 3.05) is 13.7 Å². The molecule has 0 saturated heterocycles. The minimum atomic E-state index is 0.0538. The van der Waals surface area contributed by atoms with Crippen molar-refractivity contribution in [2.24, 2.45) is 0 Å². The second kappa shape index (κ2) is 6.28. The average Bonchev–Trinajstić information content (AvgIpc) is 2.26. The Kier molecular flexibility index (Phi) is 4.99. The van der Waals surface area contributed by atoms with Crippen LogP contribution in [-0.2, 0) is 4.74 Å². The quantitative estimate of drug-likeness (QED) is 0.694. The molecule has 88 valence electrons. The van der Waals surface area contributed by atoms with Gasteiger partial charge in [-0.15, -0.1) is 0 Å². The van der Waals surface area contributed by atoms with Gasteiger partial charge in [0.1, 0.15) is 5.75 Å². The summed E-state index contributed by atoms with van der Waals surface area (Å²) in [5.74, 6) is 0.705. The van der Waals surface area contributed by atoms with Crippen molar-refractivity contribution in [1.82, 2.24) is 0 Å². The summed E-state index contributed by atoms with van der Waals surface area (Å²) in [6.45, 7) is 4.32. The van der Waals surface area contributed by atoms with E-state index in [0.29, 0.717) is 24.3 Å². The van der Waals surface area contributed by atoms with Gasteiger partial charge in [0.25, 0.3) is 0 Å². The van der Waals surface area contributed by atoms with Crippen molar-refractivity contribution in [3.63, 3.8) is 0 Å². The van der Waals surface area contributed by atoms with E-state index in [1.807, 2.05) is 32.0 Å². The van der Waals surface area contributed by atoms with Crippen LogP contribution in [0.15, 0.2) is 24.3 Å². The molecule has 3 heteroatoms. The van der Waals surface area contributed by atoms with Crippen LogP contribution >= 0.6 is 0 Å². The second-order valence-electron chi connectivity index (χ2n) is 3.83. The van der Waals surface area contributed by atoms with Gasteiger partial charge in [-0.1, -0.05) is 12.1 Å². The van der Waals surface area contributed by atoms with Gasteiger partial charge in [-0.05, 0) is 26.0 Å². The van der Waals surface area contributed by atoms with E-state index >= 15 is 0 Å². The van der Waals surface area contributed by atoms with Gasteiger partial charge in [0.05, 0.1) is 18.3 Å². The normalized spacial score (nSPS) is 10.5. The van der Waals surface area contributed by atoms with Crippen LogP contribution in [0, 0.1) is 0 Å². The summed E-state index contributed by atoms with van der Waals surface area (Å²) in [4.78, 5) is 11.8. The summed E-state index contributed by atoms with van der Waals surface area (Å²) in [6, 6.07) is 7.31. The third kappa shape index (κ3) is 3.66. The number of hydrogen-bond acceptors (Lipinski definition) is 3. The minimum Gasteiger partial charge on any atom is -0.490 e. The van der Waals surface area contributed by atoms with Crippen molar-refractivity contribution >= 4 is 5.78 Å². The molecule has 3 nitrogen and oxygen atoms in total. The van der Waals surface area contributed by atoms with E-state index in [-0.39, 0.29) is 11.9 Å². The molecule has 0 aromatic heterocycles. The number of carbonyl (C=O) groups excluding carboxylic acids is 1. The molecule has 0 aliphatic heterocycles. The maximum Gasteiger partial charge on any atom is 0.168 e. The van der Waals surface area contributed by atoms with Crippen LogP contribution in [-0.4, -0.2) is 25.6 Å². The predicted octanol–water partition coefficient (Wildman–Crippen LogP) is 2.69. The Balaban J connectivity index is 2.81. The molecule has 1 rings (SSSR count). The number of benzene rings is 1. The van der Waals surface area contributed by atoms with E-state index in [1.54, 1.807) is 13.2 Å². The second-order valence-corrected chi connectivity index (χ2v) is 3.83. The molecule has 0 heterocycles. The largest absolute Gasteiger partial charge is 0.490 e. The molecule has 0 radical (unpaired) electrons. The lowest BCUT2D eigenvalue weighted by Crippen LogP contribution is -2.11. The number of rotatable bonds is 6. The summed E-state index contributed by atoms with van der Waals surface area (Å²) in [7, 11) is 1.59. The summed E-state index contributed by atoms with van der Waals surface area (Å²) in [5.41, 5.74) is 0.633. The Morgan fingerprint density at radius 1 is 1.31 bits per heavy atom. The zero-order valence-electron chi connectivity index (χ0n) is 10.0.